The molecule has 0 aromatic heterocycles. The molecule has 2 aromatic carbocycles. The van der Waals surface area contributed by atoms with Crippen molar-refractivity contribution in [3.8, 4) is 0 Å². The summed E-state index contributed by atoms with van der Waals surface area (Å²) in [5.74, 6) is -1.70. The summed E-state index contributed by atoms with van der Waals surface area (Å²) >= 11 is 7.52. The SMILES string of the molecule is CC(N)Cc1ccc(Sc2ccc(F)c(F)c2)cc1Cl. The molecule has 1 atom stereocenters. The Morgan fingerprint density at radius 1 is 1.10 bits per heavy atom. The first-order chi connectivity index (χ1) is 9.45. The monoisotopic (exact) mass is 313 g/mol. The number of benzene rings is 2. The van der Waals surface area contributed by atoms with Crippen LogP contribution < -0.4 is 5.73 Å². The Morgan fingerprint density at radius 3 is 2.35 bits per heavy atom. The number of nitrogens with two attached hydrogens (primary N) is 1. The number of hydrogen-bond acceptors (Lipinski definition) is 2. The van der Waals surface area contributed by atoms with Gasteiger partial charge >= 0.3 is 0 Å². The van der Waals surface area contributed by atoms with Crippen molar-refractivity contribution in [3.05, 3.63) is 58.6 Å². The van der Waals surface area contributed by atoms with Gasteiger partial charge in [-0.3, -0.25) is 0 Å². The maximum Gasteiger partial charge on any atom is 0.159 e. The van der Waals surface area contributed by atoms with E-state index in [0.29, 0.717) is 16.3 Å². The van der Waals surface area contributed by atoms with E-state index in [2.05, 4.69) is 0 Å². The number of halogens is 3. The third-order valence-corrected chi connectivity index (χ3v) is 4.02. The summed E-state index contributed by atoms with van der Waals surface area (Å²) in [6.45, 7) is 1.92. The zero-order valence-corrected chi connectivity index (χ0v) is 12.4. The molecule has 0 bridgehead atoms. The van der Waals surface area contributed by atoms with Crippen LogP contribution in [0.3, 0.4) is 0 Å². The van der Waals surface area contributed by atoms with Crippen molar-refractivity contribution in [3.63, 3.8) is 0 Å². The largest absolute Gasteiger partial charge is 0.328 e. The van der Waals surface area contributed by atoms with Gasteiger partial charge in [-0.2, -0.15) is 0 Å². The lowest BCUT2D eigenvalue weighted by molar-refractivity contribution is 0.506. The molecule has 1 unspecified atom stereocenters. The standard InChI is InChI=1S/C15H14ClF2NS/c1-9(19)6-10-2-3-11(7-13(10)16)20-12-4-5-14(17)15(18)8-12/h2-5,7-9H,6,19H2,1H3. The molecule has 0 radical (unpaired) electrons. The van der Waals surface area contributed by atoms with Crippen molar-refractivity contribution in [1.29, 1.82) is 0 Å². The van der Waals surface area contributed by atoms with Crippen molar-refractivity contribution < 1.29 is 8.78 Å². The Morgan fingerprint density at radius 2 is 1.75 bits per heavy atom. The molecule has 0 aliphatic heterocycles. The molecule has 2 rings (SSSR count). The highest BCUT2D eigenvalue weighted by atomic mass is 35.5. The second kappa shape index (κ2) is 6.57. The normalized spacial score (nSPS) is 12.4. The van der Waals surface area contributed by atoms with Crippen molar-refractivity contribution in [2.45, 2.75) is 29.2 Å². The van der Waals surface area contributed by atoms with Crippen molar-refractivity contribution in [2.75, 3.05) is 0 Å². The van der Waals surface area contributed by atoms with Gasteiger partial charge in [-0.1, -0.05) is 29.4 Å². The van der Waals surface area contributed by atoms with Crippen LogP contribution in [0.2, 0.25) is 5.02 Å². The van der Waals surface area contributed by atoms with E-state index in [1.165, 1.54) is 23.9 Å². The molecule has 0 amide bonds. The lowest BCUT2D eigenvalue weighted by atomic mass is 10.1. The van der Waals surface area contributed by atoms with E-state index >= 15 is 0 Å². The lowest BCUT2D eigenvalue weighted by Crippen LogP contribution is -2.17. The smallest absolute Gasteiger partial charge is 0.159 e. The van der Waals surface area contributed by atoms with Gasteiger partial charge in [-0.05, 0) is 49.2 Å². The fourth-order valence-electron chi connectivity index (χ4n) is 1.78. The van der Waals surface area contributed by atoms with E-state index in [1.54, 1.807) is 0 Å². The van der Waals surface area contributed by atoms with Crippen LogP contribution in [0.25, 0.3) is 0 Å². The Balaban J connectivity index is 2.17. The van der Waals surface area contributed by atoms with Gasteiger partial charge in [0, 0.05) is 20.9 Å². The van der Waals surface area contributed by atoms with E-state index < -0.39 is 11.6 Å². The highest BCUT2D eigenvalue weighted by Gasteiger charge is 2.07. The maximum absolute atomic E-state index is 13.1. The van der Waals surface area contributed by atoms with Crippen molar-refractivity contribution >= 4 is 23.4 Å². The molecular weight excluding hydrogens is 300 g/mol. The second-order valence-electron chi connectivity index (χ2n) is 4.61. The van der Waals surface area contributed by atoms with Crippen LogP contribution >= 0.6 is 23.4 Å². The molecule has 0 saturated carbocycles. The minimum Gasteiger partial charge on any atom is -0.328 e. The third kappa shape index (κ3) is 3.95. The van der Waals surface area contributed by atoms with Crippen molar-refractivity contribution in [2.24, 2.45) is 5.73 Å². The predicted octanol–water partition coefficient (Wildman–Crippen LogP) is 4.66. The summed E-state index contributed by atoms with van der Waals surface area (Å²) in [6.07, 6.45) is 0.703. The minimum absolute atomic E-state index is 0.0391. The first-order valence-corrected chi connectivity index (χ1v) is 7.32. The first kappa shape index (κ1) is 15.3. The topological polar surface area (TPSA) is 26.0 Å². The molecule has 2 aromatic rings. The maximum atomic E-state index is 13.1. The van der Waals surface area contributed by atoms with E-state index in [-0.39, 0.29) is 6.04 Å². The first-order valence-electron chi connectivity index (χ1n) is 6.12. The van der Waals surface area contributed by atoms with Gasteiger partial charge in [0.2, 0.25) is 0 Å². The van der Waals surface area contributed by atoms with Gasteiger partial charge in [-0.15, -0.1) is 0 Å². The van der Waals surface area contributed by atoms with Gasteiger partial charge in [0.15, 0.2) is 11.6 Å². The van der Waals surface area contributed by atoms with Crippen LogP contribution in [-0.2, 0) is 6.42 Å². The lowest BCUT2D eigenvalue weighted by Gasteiger charge is -2.09. The summed E-state index contributed by atoms with van der Waals surface area (Å²) in [5.41, 5.74) is 6.73. The van der Waals surface area contributed by atoms with Crippen LogP contribution in [0.1, 0.15) is 12.5 Å². The minimum atomic E-state index is -0.852. The van der Waals surface area contributed by atoms with Gasteiger partial charge in [0.1, 0.15) is 0 Å². The van der Waals surface area contributed by atoms with E-state index in [1.807, 2.05) is 25.1 Å². The third-order valence-electron chi connectivity index (χ3n) is 2.69. The molecule has 20 heavy (non-hydrogen) atoms. The summed E-state index contributed by atoms with van der Waals surface area (Å²) in [7, 11) is 0. The molecular formula is C15H14ClF2NS. The average Bonchev–Trinajstić information content (AvgIpc) is 2.37. The van der Waals surface area contributed by atoms with Crippen LogP contribution in [0, 0.1) is 11.6 Å². The fourth-order valence-corrected chi connectivity index (χ4v) is 2.99. The molecule has 0 heterocycles. The highest BCUT2D eigenvalue weighted by molar-refractivity contribution is 7.99. The molecule has 0 saturated heterocycles. The molecule has 0 fully saturated rings. The Bertz CT molecular complexity index is 617. The fraction of sp³-hybridized carbons (Fsp3) is 0.200. The summed E-state index contributed by atoms with van der Waals surface area (Å²) in [5, 5.41) is 0.634. The van der Waals surface area contributed by atoms with Gasteiger partial charge in [-0.25, -0.2) is 8.78 Å². The number of rotatable bonds is 4. The zero-order valence-electron chi connectivity index (χ0n) is 10.9. The van der Waals surface area contributed by atoms with Gasteiger partial charge in [0.05, 0.1) is 0 Å². The van der Waals surface area contributed by atoms with Gasteiger partial charge in [0.25, 0.3) is 0 Å². The highest BCUT2D eigenvalue weighted by Crippen LogP contribution is 2.31. The Hall–Kier alpha value is -1.10. The average molecular weight is 314 g/mol. The van der Waals surface area contributed by atoms with E-state index in [4.69, 9.17) is 17.3 Å². The molecule has 1 nitrogen and oxygen atoms in total. The molecule has 2 N–H and O–H groups in total. The Labute approximate surface area is 126 Å². The zero-order chi connectivity index (χ0) is 14.7. The van der Waals surface area contributed by atoms with Crippen LogP contribution in [0.5, 0.6) is 0 Å². The summed E-state index contributed by atoms with van der Waals surface area (Å²) in [4.78, 5) is 1.49. The van der Waals surface area contributed by atoms with E-state index in [0.717, 1.165) is 16.5 Å². The molecule has 0 aliphatic carbocycles. The molecule has 0 spiro atoms. The van der Waals surface area contributed by atoms with Crippen LogP contribution in [0.4, 0.5) is 8.78 Å². The predicted molar refractivity (Wildman–Crippen MR) is 79.3 cm³/mol. The summed E-state index contributed by atoms with van der Waals surface area (Å²) in [6, 6.07) is 9.48. The quantitative estimate of drug-likeness (QED) is 0.888. The van der Waals surface area contributed by atoms with E-state index in [9.17, 15) is 8.78 Å². The van der Waals surface area contributed by atoms with Crippen LogP contribution in [-0.4, -0.2) is 6.04 Å². The van der Waals surface area contributed by atoms with Gasteiger partial charge < -0.3 is 5.73 Å². The second-order valence-corrected chi connectivity index (χ2v) is 6.17. The molecule has 0 aliphatic rings. The summed E-state index contributed by atoms with van der Waals surface area (Å²) < 4.78 is 26.0. The van der Waals surface area contributed by atoms with Crippen molar-refractivity contribution in [1.82, 2.24) is 0 Å². The Kier molecular flexibility index (Phi) is 5.02. The molecule has 5 heteroatoms. The number of hydrogen-bond donors (Lipinski definition) is 1. The molecule has 106 valence electrons. The van der Waals surface area contributed by atoms with Crippen LogP contribution in [0.15, 0.2) is 46.2 Å².